The Kier molecular flexibility index (Phi) is 8.81. The van der Waals surface area contributed by atoms with Gasteiger partial charge in [-0.25, -0.2) is 18.9 Å². The minimum Gasteiger partial charge on any atom is -0.247 e. The van der Waals surface area contributed by atoms with E-state index < -0.39 is 8.56 Å². The van der Waals surface area contributed by atoms with Crippen molar-refractivity contribution in [3.63, 3.8) is 0 Å². The van der Waals surface area contributed by atoms with Crippen molar-refractivity contribution in [1.82, 2.24) is 0 Å². The summed E-state index contributed by atoms with van der Waals surface area (Å²) in [6.45, 7) is 12.7. The first-order chi connectivity index (χ1) is 12.7. The van der Waals surface area contributed by atoms with E-state index in [0.29, 0.717) is 11.1 Å². The molecule has 0 radical (unpaired) electrons. The molecule has 0 N–H and O–H groups in total. The Morgan fingerprint density at radius 3 is 1.26 bits per heavy atom. The number of hydrogen-bond donors (Lipinski definition) is 0. The van der Waals surface area contributed by atoms with Crippen molar-refractivity contribution in [3.8, 4) is 0 Å². The molecule has 0 amide bonds. The lowest BCUT2D eigenvalue weighted by molar-refractivity contribution is -0.359. The Hall–Kier alpha value is 0.0569. The van der Waals surface area contributed by atoms with Gasteiger partial charge in [-0.3, -0.25) is 0 Å². The SMILES string of the molecule is CCC(C)(C)OO[Si](OOC(C)(C)CC)(C1CCCCC1)C1CCCCC1. The first-order valence-corrected chi connectivity index (χ1v) is 13.5. The highest BCUT2D eigenvalue weighted by atomic mass is 28.4. The van der Waals surface area contributed by atoms with Crippen LogP contribution >= 0.6 is 0 Å². The highest BCUT2D eigenvalue weighted by molar-refractivity contribution is 6.70. The highest BCUT2D eigenvalue weighted by Crippen LogP contribution is 2.50. The zero-order valence-corrected chi connectivity index (χ0v) is 19.8. The van der Waals surface area contributed by atoms with Crippen molar-refractivity contribution < 1.29 is 18.9 Å². The van der Waals surface area contributed by atoms with E-state index in [1.54, 1.807) is 0 Å². The Morgan fingerprint density at radius 2 is 0.963 bits per heavy atom. The van der Waals surface area contributed by atoms with Crippen LogP contribution in [0.4, 0.5) is 0 Å². The third kappa shape index (κ3) is 6.53. The lowest BCUT2D eigenvalue weighted by Gasteiger charge is -2.45. The van der Waals surface area contributed by atoms with Gasteiger partial charge in [-0.15, -0.1) is 0 Å². The molecule has 0 aliphatic heterocycles. The molecule has 2 aliphatic rings. The van der Waals surface area contributed by atoms with Crippen LogP contribution in [-0.4, -0.2) is 19.8 Å². The molecule has 0 aromatic heterocycles. The van der Waals surface area contributed by atoms with Crippen LogP contribution in [0.1, 0.15) is 119 Å². The Labute approximate surface area is 168 Å². The second-order valence-corrected chi connectivity index (χ2v) is 13.4. The third-order valence-electron chi connectivity index (χ3n) is 6.85. The van der Waals surface area contributed by atoms with Crippen molar-refractivity contribution in [2.45, 2.75) is 141 Å². The molecule has 0 saturated heterocycles. The average molecular weight is 401 g/mol. The van der Waals surface area contributed by atoms with E-state index in [2.05, 4.69) is 41.5 Å². The summed E-state index contributed by atoms with van der Waals surface area (Å²) in [6, 6.07) is 0. The van der Waals surface area contributed by atoms with Crippen LogP contribution in [0.3, 0.4) is 0 Å². The van der Waals surface area contributed by atoms with E-state index in [4.69, 9.17) is 18.9 Å². The van der Waals surface area contributed by atoms with Crippen molar-refractivity contribution in [2.75, 3.05) is 0 Å². The summed E-state index contributed by atoms with van der Waals surface area (Å²) in [6.07, 6.45) is 14.3. The van der Waals surface area contributed by atoms with Crippen molar-refractivity contribution in [2.24, 2.45) is 0 Å². The molecule has 0 heterocycles. The van der Waals surface area contributed by atoms with Gasteiger partial charge in [-0.05, 0) is 66.2 Å². The largest absolute Gasteiger partial charge is 0.415 e. The fraction of sp³-hybridized carbons (Fsp3) is 1.00. The zero-order chi connectivity index (χ0) is 20.0. The molecule has 0 spiro atoms. The van der Waals surface area contributed by atoms with Gasteiger partial charge in [-0.1, -0.05) is 52.4 Å². The van der Waals surface area contributed by atoms with Crippen LogP contribution < -0.4 is 0 Å². The summed E-state index contributed by atoms with van der Waals surface area (Å²) < 4.78 is 13.0. The summed E-state index contributed by atoms with van der Waals surface area (Å²) in [5.41, 5.74) is 0.334. The quantitative estimate of drug-likeness (QED) is 0.218. The van der Waals surface area contributed by atoms with Crippen LogP contribution in [0.5, 0.6) is 0 Å². The number of hydrogen-bond acceptors (Lipinski definition) is 4. The van der Waals surface area contributed by atoms with Crippen LogP contribution in [-0.2, 0) is 18.9 Å². The molecule has 0 unspecified atom stereocenters. The first-order valence-electron chi connectivity index (χ1n) is 11.5. The van der Waals surface area contributed by atoms with E-state index in [-0.39, 0.29) is 11.2 Å². The van der Waals surface area contributed by atoms with Gasteiger partial charge in [0.1, 0.15) is 0 Å². The van der Waals surface area contributed by atoms with Gasteiger partial charge in [0, 0.05) is 11.1 Å². The normalized spacial score (nSPS) is 21.6. The van der Waals surface area contributed by atoms with Gasteiger partial charge in [0.2, 0.25) is 0 Å². The van der Waals surface area contributed by atoms with E-state index in [0.717, 1.165) is 12.8 Å². The van der Waals surface area contributed by atoms with Gasteiger partial charge in [0.25, 0.3) is 0 Å². The molecule has 2 rings (SSSR count). The number of rotatable bonds is 10. The summed E-state index contributed by atoms with van der Waals surface area (Å²) >= 11 is 0. The topological polar surface area (TPSA) is 36.9 Å². The molecule has 5 heteroatoms. The molecule has 0 aromatic carbocycles. The van der Waals surface area contributed by atoms with E-state index in [1.165, 1.54) is 64.2 Å². The van der Waals surface area contributed by atoms with E-state index in [9.17, 15) is 0 Å². The average Bonchev–Trinajstić information content (AvgIpc) is 2.70. The third-order valence-corrected chi connectivity index (χ3v) is 11.0. The molecule has 0 aromatic rings. The summed E-state index contributed by atoms with van der Waals surface area (Å²) in [7, 11) is -2.69. The summed E-state index contributed by atoms with van der Waals surface area (Å²) in [5.74, 6) is 0. The van der Waals surface area contributed by atoms with Crippen LogP contribution in [0.15, 0.2) is 0 Å². The lowest BCUT2D eigenvalue weighted by Crippen LogP contribution is -2.54. The second kappa shape index (κ2) is 10.2. The maximum absolute atomic E-state index is 6.50. The van der Waals surface area contributed by atoms with E-state index >= 15 is 0 Å². The molecular formula is C22H44O4Si. The molecular weight excluding hydrogens is 356 g/mol. The van der Waals surface area contributed by atoms with Crippen molar-refractivity contribution in [1.29, 1.82) is 0 Å². The Bertz CT molecular complexity index is 386. The monoisotopic (exact) mass is 400 g/mol. The van der Waals surface area contributed by atoms with Gasteiger partial charge in [0.15, 0.2) is 0 Å². The molecule has 160 valence electrons. The minimum atomic E-state index is -2.69. The summed E-state index contributed by atoms with van der Waals surface area (Å²) in [4.78, 5) is 12.2. The van der Waals surface area contributed by atoms with Crippen LogP contribution in [0.2, 0.25) is 11.1 Å². The maximum Gasteiger partial charge on any atom is 0.415 e. The van der Waals surface area contributed by atoms with Crippen LogP contribution in [0.25, 0.3) is 0 Å². The lowest BCUT2D eigenvalue weighted by atomic mass is 9.99. The van der Waals surface area contributed by atoms with E-state index in [1.807, 2.05) is 0 Å². The first kappa shape index (κ1) is 23.3. The molecule has 2 fully saturated rings. The molecule has 27 heavy (non-hydrogen) atoms. The molecule has 2 aliphatic carbocycles. The molecule has 2 saturated carbocycles. The smallest absolute Gasteiger partial charge is 0.247 e. The predicted octanol–water partition coefficient (Wildman–Crippen LogP) is 7.37. The van der Waals surface area contributed by atoms with Gasteiger partial charge in [-0.2, -0.15) is 0 Å². The Balaban J connectivity index is 2.29. The summed E-state index contributed by atoms with van der Waals surface area (Å²) in [5, 5.41) is 0. The van der Waals surface area contributed by atoms with Crippen molar-refractivity contribution in [3.05, 3.63) is 0 Å². The molecule has 0 bridgehead atoms. The van der Waals surface area contributed by atoms with Gasteiger partial charge < -0.3 is 0 Å². The molecule has 0 atom stereocenters. The fourth-order valence-electron chi connectivity index (χ4n) is 4.10. The standard InChI is InChI=1S/C22H44O4Si/c1-7-21(3,4)23-25-27(19-15-11-9-12-16-19,20-17-13-10-14-18-20)26-24-22(5,6)8-2/h19-20H,7-18H2,1-6H3. The van der Waals surface area contributed by atoms with Crippen molar-refractivity contribution >= 4 is 8.56 Å². The maximum atomic E-state index is 6.50. The molecule has 4 nitrogen and oxygen atoms in total. The minimum absolute atomic E-state index is 0.300. The second-order valence-electron chi connectivity index (χ2n) is 9.95. The highest BCUT2D eigenvalue weighted by Gasteiger charge is 2.57. The fourth-order valence-corrected chi connectivity index (χ4v) is 8.48. The van der Waals surface area contributed by atoms with Crippen LogP contribution in [0, 0.1) is 0 Å². The predicted molar refractivity (Wildman–Crippen MR) is 113 cm³/mol. The zero-order valence-electron chi connectivity index (χ0n) is 18.8. The van der Waals surface area contributed by atoms with Gasteiger partial charge >= 0.3 is 8.56 Å². The Morgan fingerprint density at radius 1 is 0.630 bits per heavy atom. The van der Waals surface area contributed by atoms with Gasteiger partial charge in [0.05, 0.1) is 11.2 Å².